The number of azide groups is 1. The van der Waals surface area contributed by atoms with Crippen molar-refractivity contribution < 1.29 is 4.74 Å². The number of ether oxygens (including phenoxy) is 1. The molecule has 0 aliphatic heterocycles. The van der Waals surface area contributed by atoms with E-state index in [-0.39, 0.29) is 0 Å². The third kappa shape index (κ3) is 2.78. The van der Waals surface area contributed by atoms with Gasteiger partial charge < -0.3 is 4.74 Å². The Kier molecular flexibility index (Phi) is 3.41. The van der Waals surface area contributed by atoms with Crippen LogP contribution in [0.3, 0.4) is 0 Å². The molecule has 21 heavy (non-hydrogen) atoms. The zero-order valence-corrected chi connectivity index (χ0v) is 11.4. The molecule has 5 nitrogen and oxygen atoms in total. The highest BCUT2D eigenvalue weighted by molar-refractivity contribution is 5.91. The van der Waals surface area contributed by atoms with Gasteiger partial charge in [0.2, 0.25) is 0 Å². The average molecular weight is 276 g/mol. The summed E-state index contributed by atoms with van der Waals surface area (Å²) in [6, 6.07) is 16.8. The molecule has 102 valence electrons. The molecule has 0 amide bonds. The molecule has 5 heteroatoms. The van der Waals surface area contributed by atoms with E-state index in [1.54, 1.807) is 6.07 Å². The first-order valence-corrected chi connectivity index (χ1v) is 6.46. The monoisotopic (exact) mass is 276 g/mol. The summed E-state index contributed by atoms with van der Waals surface area (Å²) >= 11 is 0. The Balaban J connectivity index is 2.08. The number of para-hydroxylation sites is 1. The third-order valence-corrected chi connectivity index (χ3v) is 3.02. The van der Waals surface area contributed by atoms with Crippen LogP contribution in [0.1, 0.15) is 5.69 Å². The van der Waals surface area contributed by atoms with Crippen LogP contribution in [0.4, 0.5) is 5.69 Å². The van der Waals surface area contributed by atoms with E-state index in [4.69, 9.17) is 10.3 Å². The van der Waals surface area contributed by atoms with Crippen LogP contribution in [-0.2, 0) is 0 Å². The van der Waals surface area contributed by atoms with Gasteiger partial charge in [0.1, 0.15) is 11.5 Å². The van der Waals surface area contributed by atoms with Crippen molar-refractivity contribution in [1.82, 2.24) is 4.98 Å². The van der Waals surface area contributed by atoms with Crippen LogP contribution in [0.15, 0.2) is 59.7 Å². The first kappa shape index (κ1) is 13.0. The number of fused-ring (bicyclic) bond motifs is 1. The molecule has 1 heterocycles. The van der Waals surface area contributed by atoms with E-state index in [1.807, 2.05) is 55.5 Å². The maximum atomic E-state index is 8.68. The number of benzene rings is 2. The first-order valence-electron chi connectivity index (χ1n) is 6.46. The highest BCUT2D eigenvalue weighted by Gasteiger charge is 2.05. The fraction of sp³-hybridized carbons (Fsp3) is 0.0625. The molecular weight excluding hydrogens is 264 g/mol. The van der Waals surface area contributed by atoms with Crippen LogP contribution in [0.5, 0.6) is 11.5 Å². The van der Waals surface area contributed by atoms with Gasteiger partial charge in [-0.25, -0.2) is 0 Å². The van der Waals surface area contributed by atoms with Gasteiger partial charge in [-0.1, -0.05) is 23.3 Å². The van der Waals surface area contributed by atoms with E-state index in [9.17, 15) is 0 Å². The minimum atomic E-state index is 0.554. The van der Waals surface area contributed by atoms with E-state index in [0.717, 1.165) is 22.3 Å². The topological polar surface area (TPSA) is 70.9 Å². The lowest BCUT2D eigenvalue weighted by Gasteiger charge is -2.08. The maximum Gasteiger partial charge on any atom is 0.128 e. The van der Waals surface area contributed by atoms with Crippen molar-refractivity contribution in [1.29, 1.82) is 0 Å². The highest BCUT2D eigenvalue weighted by atomic mass is 16.5. The fourth-order valence-electron chi connectivity index (χ4n) is 2.13. The van der Waals surface area contributed by atoms with Crippen molar-refractivity contribution in [2.24, 2.45) is 5.11 Å². The standard InChI is InChI=1S/C16H12N4O/c1-11-9-16(19-20-17)14-10-13(7-8-15(14)18-11)21-12-5-3-2-4-6-12/h2-10H,1H3. The first-order chi connectivity index (χ1) is 10.3. The maximum absolute atomic E-state index is 8.68. The molecule has 0 atom stereocenters. The Bertz CT molecular complexity index is 840. The Morgan fingerprint density at radius 2 is 1.86 bits per heavy atom. The molecule has 0 aliphatic rings. The van der Waals surface area contributed by atoms with E-state index in [0.29, 0.717) is 11.4 Å². The van der Waals surface area contributed by atoms with Gasteiger partial charge in [-0.15, -0.1) is 0 Å². The predicted octanol–water partition coefficient (Wildman–Crippen LogP) is 5.28. The molecule has 0 bridgehead atoms. The lowest BCUT2D eigenvalue weighted by Crippen LogP contribution is -1.87. The number of nitrogens with zero attached hydrogens (tertiary/aromatic N) is 4. The minimum absolute atomic E-state index is 0.554. The summed E-state index contributed by atoms with van der Waals surface area (Å²) in [7, 11) is 0. The number of rotatable bonds is 3. The van der Waals surface area contributed by atoms with Crippen molar-refractivity contribution in [3.8, 4) is 11.5 Å². The zero-order valence-electron chi connectivity index (χ0n) is 11.4. The van der Waals surface area contributed by atoms with Crippen molar-refractivity contribution in [3.05, 3.63) is 70.7 Å². The molecule has 0 saturated heterocycles. The van der Waals surface area contributed by atoms with E-state index < -0.39 is 0 Å². The molecular formula is C16H12N4O. The molecule has 0 saturated carbocycles. The summed E-state index contributed by atoms with van der Waals surface area (Å²) < 4.78 is 5.79. The SMILES string of the molecule is Cc1cc(N=[N+]=[N-])c2cc(Oc3ccccc3)ccc2n1. The normalized spacial score (nSPS) is 10.1. The highest BCUT2D eigenvalue weighted by Crippen LogP contribution is 2.31. The van der Waals surface area contributed by atoms with Gasteiger partial charge in [0.15, 0.2) is 0 Å². The quantitative estimate of drug-likeness (QED) is 0.371. The van der Waals surface area contributed by atoms with E-state index in [1.165, 1.54) is 0 Å². The van der Waals surface area contributed by atoms with E-state index >= 15 is 0 Å². The smallest absolute Gasteiger partial charge is 0.128 e. The van der Waals surface area contributed by atoms with Crippen molar-refractivity contribution >= 4 is 16.6 Å². The molecule has 0 aliphatic carbocycles. The molecule has 2 aromatic carbocycles. The molecule has 0 unspecified atom stereocenters. The second-order valence-corrected chi connectivity index (χ2v) is 4.57. The van der Waals surface area contributed by atoms with Gasteiger partial charge >= 0.3 is 0 Å². The van der Waals surface area contributed by atoms with Gasteiger partial charge in [-0.2, -0.15) is 0 Å². The lowest BCUT2D eigenvalue weighted by atomic mass is 10.1. The van der Waals surface area contributed by atoms with Gasteiger partial charge in [0, 0.05) is 21.7 Å². The predicted molar refractivity (Wildman–Crippen MR) is 81.8 cm³/mol. The Hall–Kier alpha value is -3.04. The van der Waals surface area contributed by atoms with Gasteiger partial charge in [-0.3, -0.25) is 4.98 Å². The number of hydrogen-bond donors (Lipinski definition) is 0. The molecule has 0 radical (unpaired) electrons. The Labute approximate surface area is 121 Å². The number of aromatic nitrogens is 1. The average Bonchev–Trinajstić information content (AvgIpc) is 2.49. The van der Waals surface area contributed by atoms with E-state index in [2.05, 4.69) is 15.0 Å². The van der Waals surface area contributed by atoms with Gasteiger partial charge in [0.05, 0.1) is 5.52 Å². The Morgan fingerprint density at radius 3 is 2.62 bits per heavy atom. The zero-order chi connectivity index (χ0) is 14.7. The van der Waals surface area contributed by atoms with Crippen molar-refractivity contribution in [3.63, 3.8) is 0 Å². The van der Waals surface area contributed by atoms with Crippen LogP contribution in [0, 0.1) is 6.92 Å². The summed E-state index contributed by atoms with van der Waals surface area (Å²) in [4.78, 5) is 7.30. The van der Waals surface area contributed by atoms with Crippen LogP contribution < -0.4 is 4.74 Å². The second-order valence-electron chi connectivity index (χ2n) is 4.57. The molecule has 0 N–H and O–H groups in total. The summed E-state index contributed by atoms with van der Waals surface area (Å²) in [5.41, 5.74) is 10.8. The largest absolute Gasteiger partial charge is 0.457 e. The second kappa shape index (κ2) is 5.53. The summed E-state index contributed by atoms with van der Waals surface area (Å²) in [5.74, 6) is 1.43. The molecule has 3 aromatic rings. The van der Waals surface area contributed by atoms with Crippen LogP contribution in [0.2, 0.25) is 0 Å². The number of pyridine rings is 1. The van der Waals surface area contributed by atoms with Crippen molar-refractivity contribution in [2.75, 3.05) is 0 Å². The minimum Gasteiger partial charge on any atom is -0.457 e. The van der Waals surface area contributed by atoms with Crippen LogP contribution in [0.25, 0.3) is 21.3 Å². The summed E-state index contributed by atoms with van der Waals surface area (Å²) in [5, 5.41) is 4.50. The lowest BCUT2D eigenvalue weighted by molar-refractivity contribution is 0.483. The number of hydrogen-bond acceptors (Lipinski definition) is 3. The van der Waals surface area contributed by atoms with Crippen molar-refractivity contribution in [2.45, 2.75) is 6.92 Å². The summed E-state index contributed by atoms with van der Waals surface area (Å²) in [6.07, 6.45) is 0. The third-order valence-electron chi connectivity index (χ3n) is 3.02. The number of aryl methyl sites for hydroxylation is 1. The van der Waals surface area contributed by atoms with Crippen LogP contribution in [-0.4, -0.2) is 4.98 Å². The van der Waals surface area contributed by atoms with Gasteiger partial charge in [0.25, 0.3) is 0 Å². The van der Waals surface area contributed by atoms with Crippen LogP contribution >= 0.6 is 0 Å². The molecule has 3 rings (SSSR count). The Morgan fingerprint density at radius 1 is 1.05 bits per heavy atom. The fourth-order valence-corrected chi connectivity index (χ4v) is 2.13. The molecule has 1 aromatic heterocycles. The summed E-state index contributed by atoms with van der Waals surface area (Å²) in [6.45, 7) is 1.87. The molecule has 0 fully saturated rings. The molecule has 0 spiro atoms. The van der Waals surface area contributed by atoms with Gasteiger partial charge in [-0.05, 0) is 48.9 Å².